The molecular weight excluding hydrogens is 312 g/mol. The molecule has 0 heteroatoms. The maximum atomic E-state index is 3.61. The van der Waals surface area contributed by atoms with E-state index in [1.165, 1.54) is 44.9 Å². The Morgan fingerprint density at radius 2 is 0.846 bits per heavy atom. The van der Waals surface area contributed by atoms with Crippen molar-refractivity contribution in [1.29, 1.82) is 0 Å². The Bertz CT molecular complexity index is 530. The van der Waals surface area contributed by atoms with Crippen molar-refractivity contribution in [3.63, 3.8) is 0 Å². The van der Waals surface area contributed by atoms with E-state index in [2.05, 4.69) is 37.8 Å². The zero-order valence-electron chi connectivity index (χ0n) is 16.5. The third kappa shape index (κ3) is 21.7. The monoisotopic (exact) mass is 348 g/mol. The van der Waals surface area contributed by atoms with Crippen molar-refractivity contribution >= 4 is 0 Å². The molecule has 0 aliphatic heterocycles. The number of hydrogen-bond acceptors (Lipinski definition) is 0. The summed E-state index contributed by atoms with van der Waals surface area (Å²) in [6.07, 6.45) is 43.6. The minimum atomic E-state index is 1.19. The summed E-state index contributed by atoms with van der Waals surface area (Å²) in [5.41, 5.74) is 0. The van der Waals surface area contributed by atoms with Crippen molar-refractivity contribution in [1.82, 2.24) is 0 Å². The van der Waals surface area contributed by atoms with E-state index in [4.69, 9.17) is 0 Å². The normalized spacial score (nSPS) is 13.6. The summed E-state index contributed by atoms with van der Waals surface area (Å²) in [5.74, 6) is 0. The van der Waals surface area contributed by atoms with Crippen LogP contribution in [-0.4, -0.2) is 0 Å². The maximum absolute atomic E-state index is 3.61. The van der Waals surface area contributed by atoms with Crippen LogP contribution in [0.4, 0.5) is 0 Å². The first-order valence-corrected chi connectivity index (χ1v) is 9.86. The van der Waals surface area contributed by atoms with Gasteiger partial charge in [0.1, 0.15) is 0 Å². The van der Waals surface area contributed by atoms with Gasteiger partial charge in [-0.05, 0) is 12.8 Å². The SMILES string of the molecule is C=C/C=C/C=C/C=C/C=C/C=C/C=C/C=C/C=C/CCCCCCCC. The lowest BCUT2D eigenvalue weighted by molar-refractivity contribution is 0.611. The first-order valence-electron chi connectivity index (χ1n) is 9.86. The smallest absolute Gasteiger partial charge is 0.0348 e. The zero-order valence-corrected chi connectivity index (χ0v) is 16.5. The largest absolute Gasteiger partial charge is 0.0991 e. The molecule has 0 aliphatic rings. The highest BCUT2D eigenvalue weighted by atomic mass is 13.9. The second kappa shape index (κ2) is 22.7. The molecule has 0 bridgehead atoms. The number of unbranched alkanes of at least 4 members (excludes halogenated alkanes) is 6. The molecule has 0 nitrogen and oxygen atoms in total. The quantitative estimate of drug-likeness (QED) is 0.206. The Kier molecular flexibility index (Phi) is 20.6. The summed E-state index contributed by atoms with van der Waals surface area (Å²) in [5, 5.41) is 0. The van der Waals surface area contributed by atoms with Gasteiger partial charge in [0, 0.05) is 0 Å². The molecule has 0 rings (SSSR count). The lowest BCUT2D eigenvalue weighted by Gasteiger charge is -1.97. The van der Waals surface area contributed by atoms with Gasteiger partial charge in [0.2, 0.25) is 0 Å². The van der Waals surface area contributed by atoms with E-state index in [1.54, 1.807) is 6.08 Å². The van der Waals surface area contributed by atoms with Gasteiger partial charge in [0.15, 0.2) is 0 Å². The molecule has 0 amide bonds. The Morgan fingerprint density at radius 1 is 0.462 bits per heavy atom. The fourth-order valence-corrected chi connectivity index (χ4v) is 2.13. The highest BCUT2D eigenvalue weighted by Crippen LogP contribution is 2.07. The van der Waals surface area contributed by atoms with Gasteiger partial charge in [0.05, 0.1) is 0 Å². The molecular formula is C26H36. The molecule has 26 heavy (non-hydrogen) atoms. The van der Waals surface area contributed by atoms with E-state index in [0.717, 1.165) is 0 Å². The Hall–Kier alpha value is -2.34. The number of hydrogen-bond donors (Lipinski definition) is 0. The standard InChI is InChI=1S/C26H36/c1-3-5-7-9-11-13-15-17-19-21-23-25-26-24-22-20-18-16-14-12-10-8-6-4-2/h3,5,7,9,11,13,15,17-26H,1,4,6,8,10,12,14,16H2,2H3/b7-5+,11-9+,15-13+,19-17+,20-18+,23-21+,24-22+,26-25+. The van der Waals surface area contributed by atoms with Crippen LogP contribution in [-0.2, 0) is 0 Å². The third-order valence-electron chi connectivity index (χ3n) is 3.55. The number of rotatable bonds is 15. The Balaban J connectivity index is 3.68. The lowest BCUT2D eigenvalue weighted by atomic mass is 10.1. The molecule has 0 radical (unpaired) electrons. The van der Waals surface area contributed by atoms with Crippen LogP contribution in [0.25, 0.3) is 0 Å². The predicted octanol–water partition coefficient (Wildman–Crippen LogP) is 8.37. The van der Waals surface area contributed by atoms with Gasteiger partial charge < -0.3 is 0 Å². The molecule has 0 atom stereocenters. The van der Waals surface area contributed by atoms with Crippen LogP contribution in [0.5, 0.6) is 0 Å². The molecule has 0 aromatic rings. The van der Waals surface area contributed by atoms with Crippen LogP contribution in [0.15, 0.2) is 110 Å². The van der Waals surface area contributed by atoms with Crippen molar-refractivity contribution < 1.29 is 0 Å². The predicted molar refractivity (Wildman–Crippen MR) is 121 cm³/mol. The molecule has 0 unspecified atom stereocenters. The third-order valence-corrected chi connectivity index (χ3v) is 3.55. The van der Waals surface area contributed by atoms with E-state index < -0.39 is 0 Å². The van der Waals surface area contributed by atoms with Crippen molar-refractivity contribution in [3.05, 3.63) is 110 Å². The van der Waals surface area contributed by atoms with E-state index in [1.807, 2.05) is 72.9 Å². The summed E-state index contributed by atoms with van der Waals surface area (Å²) in [6, 6.07) is 0. The molecule has 0 saturated heterocycles. The maximum Gasteiger partial charge on any atom is -0.0348 e. The highest BCUT2D eigenvalue weighted by molar-refractivity contribution is 5.21. The minimum Gasteiger partial charge on any atom is -0.0991 e. The van der Waals surface area contributed by atoms with Crippen molar-refractivity contribution in [2.45, 2.75) is 51.9 Å². The molecule has 0 N–H and O–H groups in total. The van der Waals surface area contributed by atoms with E-state index in [0.29, 0.717) is 0 Å². The average molecular weight is 349 g/mol. The Morgan fingerprint density at radius 3 is 1.31 bits per heavy atom. The van der Waals surface area contributed by atoms with Crippen LogP contribution in [0, 0.1) is 0 Å². The molecule has 0 aromatic heterocycles. The number of allylic oxidation sites excluding steroid dienone is 17. The minimum absolute atomic E-state index is 1.19. The summed E-state index contributed by atoms with van der Waals surface area (Å²) >= 11 is 0. The van der Waals surface area contributed by atoms with Gasteiger partial charge in [-0.2, -0.15) is 0 Å². The van der Waals surface area contributed by atoms with Crippen molar-refractivity contribution in [3.8, 4) is 0 Å². The zero-order chi connectivity index (χ0) is 19.0. The van der Waals surface area contributed by atoms with Crippen LogP contribution >= 0.6 is 0 Å². The molecule has 140 valence electrons. The van der Waals surface area contributed by atoms with Crippen molar-refractivity contribution in [2.75, 3.05) is 0 Å². The van der Waals surface area contributed by atoms with Crippen molar-refractivity contribution in [2.24, 2.45) is 0 Å². The molecule has 0 heterocycles. The second-order valence-corrected chi connectivity index (χ2v) is 5.91. The van der Waals surface area contributed by atoms with Crippen LogP contribution in [0.1, 0.15) is 51.9 Å². The summed E-state index contributed by atoms with van der Waals surface area (Å²) in [7, 11) is 0. The fraction of sp³-hybridized carbons (Fsp3) is 0.308. The van der Waals surface area contributed by atoms with E-state index in [-0.39, 0.29) is 0 Å². The summed E-state index contributed by atoms with van der Waals surface area (Å²) in [4.78, 5) is 0. The first kappa shape index (κ1) is 23.7. The Labute approximate surface area is 162 Å². The first-order chi connectivity index (χ1) is 12.9. The molecule has 0 aliphatic carbocycles. The van der Waals surface area contributed by atoms with Gasteiger partial charge in [0.25, 0.3) is 0 Å². The molecule has 0 fully saturated rings. The van der Waals surface area contributed by atoms with Gasteiger partial charge in [-0.1, -0.05) is 149 Å². The molecule has 0 spiro atoms. The van der Waals surface area contributed by atoms with Crippen LogP contribution in [0.3, 0.4) is 0 Å². The van der Waals surface area contributed by atoms with E-state index in [9.17, 15) is 0 Å². The summed E-state index contributed by atoms with van der Waals surface area (Å²) < 4.78 is 0. The van der Waals surface area contributed by atoms with Gasteiger partial charge >= 0.3 is 0 Å². The van der Waals surface area contributed by atoms with Crippen LogP contribution < -0.4 is 0 Å². The molecule has 0 aromatic carbocycles. The topological polar surface area (TPSA) is 0 Å². The van der Waals surface area contributed by atoms with E-state index >= 15 is 0 Å². The van der Waals surface area contributed by atoms with Gasteiger partial charge in [-0.25, -0.2) is 0 Å². The van der Waals surface area contributed by atoms with Crippen LogP contribution in [0.2, 0.25) is 0 Å². The lowest BCUT2D eigenvalue weighted by Crippen LogP contribution is -1.77. The summed E-state index contributed by atoms with van der Waals surface area (Å²) in [6.45, 7) is 5.88. The van der Waals surface area contributed by atoms with Gasteiger partial charge in [-0.3, -0.25) is 0 Å². The van der Waals surface area contributed by atoms with Gasteiger partial charge in [-0.15, -0.1) is 0 Å². The average Bonchev–Trinajstić information content (AvgIpc) is 2.66. The second-order valence-electron chi connectivity index (χ2n) is 5.91. The molecule has 0 saturated carbocycles. The highest BCUT2D eigenvalue weighted by Gasteiger charge is 1.87. The fourth-order valence-electron chi connectivity index (χ4n) is 2.13.